The first-order valence-electron chi connectivity index (χ1n) is 5.16. The molecule has 0 aliphatic carbocycles. The number of rotatable bonds is 3. The largest absolute Gasteiger partial charge is 0.327 e. The molecule has 4 nitrogen and oxygen atoms in total. The van der Waals surface area contributed by atoms with E-state index in [1.165, 1.54) is 11.3 Å². The summed E-state index contributed by atoms with van der Waals surface area (Å²) >= 11 is 1.40. The van der Waals surface area contributed by atoms with E-state index in [9.17, 15) is 4.79 Å². The van der Waals surface area contributed by atoms with Gasteiger partial charge >= 0.3 is 0 Å². The molecule has 2 rings (SSSR count). The number of nitrogens with two attached hydrogens (primary N) is 1. The van der Waals surface area contributed by atoms with Gasteiger partial charge in [-0.25, -0.2) is 4.98 Å². The van der Waals surface area contributed by atoms with Crippen LogP contribution in [0.4, 0.5) is 0 Å². The van der Waals surface area contributed by atoms with Gasteiger partial charge in [0.25, 0.3) is 0 Å². The summed E-state index contributed by atoms with van der Waals surface area (Å²) in [7, 11) is 0. The second-order valence-corrected chi connectivity index (χ2v) is 4.79. The number of Topliss-reactive ketones (excluding diaryl/α,β-unsaturated/α-hetero) is 1. The zero-order chi connectivity index (χ0) is 10.7. The molecule has 0 radical (unpaired) electrons. The summed E-state index contributed by atoms with van der Waals surface area (Å²) in [6.07, 6.45) is 3.83. The van der Waals surface area contributed by atoms with E-state index in [1.54, 1.807) is 6.20 Å². The Bertz CT molecular complexity index is 325. The van der Waals surface area contributed by atoms with Crippen LogP contribution in [0.1, 0.15) is 22.6 Å². The maximum atomic E-state index is 11.7. The van der Waals surface area contributed by atoms with Crippen LogP contribution in [0.2, 0.25) is 0 Å². The van der Waals surface area contributed by atoms with E-state index < -0.39 is 0 Å². The molecule has 1 aromatic heterocycles. The lowest BCUT2D eigenvalue weighted by Crippen LogP contribution is -2.44. The Hall–Kier alpha value is -0.780. The van der Waals surface area contributed by atoms with E-state index in [0.717, 1.165) is 25.9 Å². The lowest BCUT2D eigenvalue weighted by Gasteiger charge is -2.29. The topological polar surface area (TPSA) is 59.2 Å². The monoisotopic (exact) mass is 225 g/mol. The molecule has 0 spiro atoms. The van der Waals surface area contributed by atoms with Crippen molar-refractivity contribution in [3.8, 4) is 0 Å². The lowest BCUT2D eigenvalue weighted by atomic mass is 10.1. The van der Waals surface area contributed by atoms with Gasteiger partial charge in [-0.3, -0.25) is 9.69 Å². The third-order valence-corrected chi connectivity index (χ3v) is 3.39. The third kappa shape index (κ3) is 2.84. The quantitative estimate of drug-likeness (QED) is 0.771. The van der Waals surface area contributed by atoms with E-state index in [-0.39, 0.29) is 11.8 Å². The molecule has 1 aromatic rings. The fourth-order valence-corrected chi connectivity index (χ4v) is 2.44. The second kappa shape index (κ2) is 4.83. The number of carbonyl (C=O) groups excluding carboxylic acids is 1. The van der Waals surface area contributed by atoms with Crippen molar-refractivity contribution >= 4 is 17.1 Å². The van der Waals surface area contributed by atoms with E-state index in [0.29, 0.717) is 11.6 Å². The maximum Gasteiger partial charge on any atom is 0.205 e. The number of nitrogens with zero attached hydrogens (tertiary/aromatic N) is 2. The molecular formula is C10H15N3OS. The minimum Gasteiger partial charge on any atom is -0.327 e. The van der Waals surface area contributed by atoms with Crippen molar-refractivity contribution in [2.45, 2.75) is 18.9 Å². The van der Waals surface area contributed by atoms with Gasteiger partial charge in [-0.05, 0) is 19.4 Å². The molecule has 1 atom stereocenters. The van der Waals surface area contributed by atoms with Crippen LogP contribution < -0.4 is 5.73 Å². The average Bonchev–Trinajstić information content (AvgIpc) is 2.70. The number of thiazole rings is 1. The molecule has 5 heteroatoms. The summed E-state index contributed by atoms with van der Waals surface area (Å²) in [5.74, 6) is 0.110. The molecule has 1 aliphatic rings. The maximum absolute atomic E-state index is 11.7. The third-order valence-electron chi connectivity index (χ3n) is 2.58. The number of piperidine rings is 1. The number of likely N-dealkylation sites (tertiary alicyclic amines) is 1. The summed E-state index contributed by atoms with van der Waals surface area (Å²) < 4.78 is 0. The number of ketones is 1. The minimum atomic E-state index is 0.110. The lowest BCUT2D eigenvalue weighted by molar-refractivity contribution is 0.0908. The molecule has 15 heavy (non-hydrogen) atoms. The molecule has 1 saturated heterocycles. The van der Waals surface area contributed by atoms with Gasteiger partial charge in [-0.1, -0.05) is 0 Å². The van der Waals surface area contributed by atoms with E-state index >= 15 is 0 Å². The molecule has 0 saturated carbocycles. The zero-order valence-corrected chi connectivity index (χ0v) is 9.37. The normalized spacial score (nSPS) is 22.9. The van der Waals surface area contributed by atoms with Crippen molar-refractivity contribution in [1.29, 1.82) is 0 Å². The van der Waals surface area contributed by atoms with Crippen molar-refractivity contribution in [3.63, 3.8) is 0 Å². The fourth-order valence-electron chi connectivity index (χ4n) is 1.87. The Morgan fingerprint density at radius 1 is 1.73 bits per heavy atom. The molecule has 2 N–H and O–H groups in total. The summed E-state index contributed by atoms with van der Waals surface area (Å²) in [6, 6.07) is 0.225. The highest BCUT2D eigenvalue weighted by atomic mass is 32.1. The van der Waals surface area contributed by atoms with Gasteiger partial charge in [0.15, 0.2) is 5.01 Å². The van der Waals surface area contributed by atoms with Crippen molar-refractivity contribution in [3.05, 3.63) is 16.6 Å². The standard InChI is InChI=1S/C10H15N3OS/c11-8-2-1-4-13(6-8)7-9(14)10-12-3-5-15-10/h3,5,8H,1-2,4,6-7,11H2/t8-/m0/s1. The average molecular weight is 225 g/mol. The van der Waals surface area contributed by atoms with Gasteiger partial charge in [0.1, 0.15) is 0 Å². The number of hydrogen-bond acceptors (Lipinski definition) is 5. The Kier molecular flexibility index (Phi) is 3.45. The number of carbonyl (C=O) groups is 1. The van der Waals surface area contributed by atoms with Crippen LogP contribution in [0, 0.1) is 0 Å². The zero-order valence-electron chi connectivity index (χ0n) is 8.56. The van der Waals surface area contributed by atoms with Crippen LogP contribution in [-0.2, 0) is 0 Å². The molecule has 0 aromatic carbocycles. The van der Waals surface area contributed by atoms with Crippen LogP contribution >= 0.6 is 11.3 Å². The van der Waals surface area contributed by atoms with Crippen LogP contribution in [-0.4, -0.2) is 41.3 Å². The highest BCUT2D eigenvalue weighted by molar-refractivity contribution is 7.11. The Balaban J connectivity index is 1.89. The van der Waals surface area contributed by atoms with Crippen LogP contribution in [0.25, 0.3) is 0 Å². The first-order chi connectivity index (χ1) is 7.25. The molecule has 0 unspecified atom stereocenters. The summed E-state index contributed by atoms with van der Waals surface area (Å²) in [5, 5.41) is 2.43. The van der Waals surface area contributed by atoms with E-state index in [4.69, 9.17) is 5.73 Å². The summed E-state index contributed by atoms with van der Waals surface area (Å²) in [5.41, 5.74) is 5.85. The molecule has 0 bridgehead atoms. The van der Waals surface area contributed by atoms with Crippen LogP contribution in [0.15, 0.2) is 11.6 Å². The highest BCUT2D eigenvalue weighted by Crippen LogP contribution is 2.11. The van der Waals surface area contributed by atoms with Crippen LogP contribution in [0.5, 0.6) is 0 Å². The van der Waals surface area contributed by atoms with Crippen molar-refractivity contribution in [2.75, 3.05) is 19.6 Å². The molecule has 0 amide bonds. The summed E-state index contributed by atoms with van der Waals surface area (Å²) in [6.45, 7) is 2.27. The minimum absolute atomic E-state index is 0.110. The Morgan fingerprint density at radius 3 is 3.27 bits per heavy atom. The van der Waals surface area contributed by atoms with Gasteiger partial charge in [0.05, 0.1) is 6.54 Å². The first kappa shape index (κ1) is 10.7. The smallest absolute Gasteiger partial charge is 0.205 e. The number of hydrogen-bond donors (Lipinski definition) is 1. The van der Waals surface area contributed by atoms with Gasteiger partial charge in [0.2, 0.25) is 5.78 Å². The molecule has 1 fully saturated rings. The molecule has 82 valence electrons. The fraction of sp³-hybridized carbons (Fsp3) is 0.600. The van der Waals surface area contributed by atoms with Crippen molar-refractivity contribution in [2.24, 2.45) is 5.73 Å². The predicted molar refractivity (Wildman–Crippen MR) is 60.1 cm³/mol. The van der Waals surface area contributed by atoms with E-state index in [2.05, 4.69) is 9.88 Å². The molecule has 1 aliphatic heterocycles. The molecule has 2 heterocycles. The van der Waals surface area contributed by atoms with Crippen molar-refractivity contribution < 1.29 is 4.79 Å². The van der Waals surface area contributed by atoms with Gasteiger partial charge in [-0.2, -0.15) is 0 Å². The predicted octanol–water partition coefficient (Wildman–Crippen LogP) is 0.749. The summed E-state index contributed by atoms with van der Waals surface area (Å²) in [4.78, 5) is 17.9. The second-order valence-electron chi connectivity index (χ2n) is 3.90. The van der Waals surface area contributed by atoms with Crippen molar-refractivity contribution in [1.82, 2.24) is 9.88 Å². The van der Waals surface area contributed by atoms with Crippen LogP contribution in [0.3, 0.4) is 0 Å². The SMILES string of the molecule is N[C@H]1CCCN(CC(=O)c2nccs2)C1. The van der Waals surface area contributed by atoms with Gasteiger partial charge in [-0.15, -0.1) is 11.3 Å². The Labute approximate surface area is 93.1 Å². The Morgan fingerprint density at radius 2 is 2.60 bits per heavy atom. The number of aromatic nitrogens is 1. The van der Waals surface area contributed by atoms with Gasteiger partial charge in [0, 0.05) is 24.2 Å². The van der Waals surface area contributed by atoms with Gasteiger partial charge < -0.3 is 5.73 Å². The first-order valence-corrected chi connectivity index (χ1v) is 6.04. The highest BCUT2D eigenvalue weighted by Gasteiger charge is 2.20. The van der Waals surface area contributed by atoms with E-state index in [1.807, 2.05) is 5.38 Å². The molecular weight excluding hydrogens is 210 g/mol.